The molecule has 1 aliphatic carbocycles. The summed E-state index contributed by atoms with van der Waals surface area (Å²) in [4.78, 5) is 12.8. The van der Waals surface area contributed by atoms with E-state index in [4.69, 9.17) is 18.6 Å². The van der Waals surface area contributed by atoms with Crippen LogP contribution in [0.4, 0.5) is 0 Å². The molecule has 1 aromatic carbocycles. The highest BCUT2D eigenvalue weighted by Gasteiger charge is 2.46. The molecule has 5 atom stereocenters. The zero-order valence-electron chi connectivity index (χ0n) is 18.7. The fourth-order valence-corrected chi connectivity index (χ4v) is 5.03. The Morgan fingerprint density at radius 3 is 2.52 bits per heavy atom. The van der Waals surface area contributed by atoms with Gasteiger partial charge in [-0.15, -0.1) is 0 Å². The maximum Gasteiger partial charge on any atom is 0.339 e. The van der Waals surface area contributed by atoms with Crippen LogP contribution < -0.4 is 15.1 Å². The van der Waals surface area contributed by atoms with Crippen molar-refractivity contribution in [3.05, 3.63) is 33.2 Å². The Hall–Kier alpha value is -2.17. The van der Waals surface area contributed by atoms with Crippen LogP contribution in [-0.2, 0) is 24.0 Å². The zero-order valence-corrected chi connectivity index (χ0v) is 18.7. The molecule has 3 aliphatic rings. The average molecular weight is 462 g/mol. The summed E-state index contributed by atoms with van der Waals surface area (Å²) in [7, 11) is 0. The number of hydrogen-bond acceptors (Lipinski definition) is 9. The molecule has 0 amide bonds. The number of hydrogen-bond donors (Lipinski definition) is 4. The van der Waals surface area contributed by atoms with Gasteiger partial charge in [-0.05, 0) is 69.6 Å². The summed E-state index contributed by atoms with van der Waals surface area (Å²) < 4.78 is 23.6. The van der Waals surface area contributed by atoms with Gasteiger partial charge in [0.15, 0.2) is 11.3 Å². The fraction of sp³-hybridized carbons (Fsp3) is 0.625. The molecule has 33 heavy (non-hydrogen) atoms. The van der Waals surface area contributed by atoms with Gasteiger partial charge in [0.1, 0.15) is 30.0 Å². The third kappa shape index (κ3) is 3.81. The van der Waals surface area contributed by atoms with Crippen molar-refractivity contribution in [2.75, 3.05) is 6.61 Å². The molecule has 0 spiro atoms. The van der Waals surface area contributed by atoms with Crippen LogP contribution in [0.25, 0.3) is 11.0 Å². The number of ether oxygens (including phenoxy) is 3. The molecule has 3 heterocycles. The summed E-state index contributed by atoms with van der Waals surface area (Å²) in [5.41, 5.74) is 1.80. The van der Waals surface area contributed by atoms with Gasteiger partial charge in [0.2, 0.25) is 12.0 Å². The van der Waals surface area contributed by atoms with Crippen molar-refractivity contribution in [2.24, 2.45) is 0 Å². The molecule has 1 saturated heterocycles. The summed E-state index contributed by atoms with van der Waals surface area (Å²) in [6.07, 6.45) is -2.44. The predicted molar refractivity (Wildman–Crippen MR) is 117 cm³/mol. The van der Waals surface area contributed by atoms with Crippen molar-refractivity contribution < 1.29 is 39.1 Å². The zero-order chi connectivity index (χ0) is 23.5. The molecule has 0 saturated carbocycles. The Labute approximate surface area is 190 Å². The highest BCUT2D eigenvalue weighted by molar-refractivity contribution is 5.90. The second kappa shape index (κ2) is 8.25. The van der Waals surface area contributed by atoms with E-state index in [1.807, 2.05) is 19.9 Å². The largest absolute Gasteiger partial charge is 0.484 e. The van der Waals surface area contributed by atoms with Crippen LogP contribution in [0.1, 0.15) is 49.8 Å². The minimum Gasteiger partial charge on any atom is -0.484 e. The van der Waals surface area contributed by atoms with Crippen molar-refractivity contribution in [3.8, 4) is 11.5 Å². The Balaban J connectivity index is 1.68. The van der Waals surface area contributed by atoms with Crippen LogP contribution in [0.2, 0.25) is 0 Å². The maximum atomic E-state index is 12.8. The summed E-state index contributed by atoms with van der Waals surface area (Å²) in [5, 5.41) is 41.2. The lowest BCUT2D eigenvalue weighted by atomic mass is 9.88. The number of aliphatic hydroxyl groups is 4. The molecule has 1 fully saturated rings. The molecule has 2 aliphatic heterocycles. The van der Waals surface area contributed by atoms with E-state index in [1.165, 1.54) is 0 Å². The topological polar surface area (TPSA) is 139 Å². The van der Waals surface area contributed by atoms with Gasteiger partial charge < -0.3 is 39.1 Å². The van der Waals surface area contributed by atoms with Crippen LogP contribution in [0, 0.1) is 0 Å². The lowest BCUT2D eigenvalue weighted by Crippen LogP contribution is -2.60. The second-order valence-corrected chi connectivity index (χ2v) is 9.80. The summed E-state index contributed by atoms with van der Waals surface area (Å²) in [6.45, 7) is 3.31. The Kier molecular flexibility index (Phi) is 5.65. The standard InChI is InChI=1S/C24H30O9/c1-24(2)8-7-11-9-14-12-5-3-4-6-13(12)22(29)31-20(14)21(19(11)33-24)32-23-18(28)17(27)16(26)15(10-25)30-23/h9,15-18,23,25-28H,3-8,10H2,1-2H3/t15-,16-,17+,18-,23+/m1/s1. The molecule has 0 bridgehead atoms. The molecule has 1 aromatic heterocycles. The highest BCUT2D eigenvalue weighted by Crippen LogP contribution is 2.47. The van der Waals surface area contributed by atoms with Gasteiger partial charge in [-0.3, -0.25) is 0 Å². The van der Waals surface area contributed by atoms with E-state index < -0.39 is 48.5 Å². The summed E-state index contributed by atoms with van der Waals surface area (Å²) in [5.74, 6) is 0.514. The van der Waals surface area contributed by atoms with Crippen LogP contribution in [-0.4, -0.2) is 63.3 Å². The Morgan fingerprint density at radius 2 is 1.79 bits per heavy atom. The minimum atomic E-state index is -1.60. The van der Waals surface area contributed by atoms with E-state index in [0.717, 1.165) is 48.6 Å². The van der Waals surface area contributed by atoms with Crippen molar-refractivity contribution in [1.82, 2.24) is 0 Å². The summed E-state index contributed by atoms with van der Waals surface area (Å²) >= 11 is 0. The molecule has 9 heteroatoms. The van der Waals surface area contributed by atoms with Gasteiger partial charge in [0.25, 0.3) is 0 Å². The maximum absolute atomic E-state index is 12.8. The van der Waals surface area contributed by atoms with Gasteiger partial charge in [-0.1, -0.05) is 0 Å². The molecular formula is C24H30O9. The van der Waals surface area contributed by atoms with Crippen molar-refractivity contribution in [1.29, 1.82) is 0 Å². The van der Waals surface area contributed by atoms with Crippen LogP contribution in [0.15, 0.2) is 15.3 Å². The first-order valence-electron chi connectivity index (χ1n) is 11.5. The quantitative estimate of drug-likeness (QED) is 0.491. The Bertz CT molecular complexity index is 1120. The second-order valence-electron chi connectivity index (χ2n) is 9.80. The molecular weight excluding hydrogens is 432 g/mol. The Morgan fingerprint density at radius 1 is 1.06 bits per heavy atom. The van der Waals surface area contributed by atoms with E-state index in [9.17, 15) is 25.2 Å². The van der Waals surface area contributed by atoms with Gasteiger partial charge in [0.05, 0.1) is 6.61 Å². The monoisotopic (exact) mass is 462 g/mol. The number of aryl methyl sites for hydroxylation is 2. The molecule has 180 valence electrons. The first kappa shape index (κ1) is 22.6. The molecule has 0 radical (unpaired) electrons. The fourth-order valence-electron chi connectivity index (χ4n) is 5.03. The third-order valence-electron chi connectivity index (χ3n) is 6.96. The number of benzene rings is 1. The normalized spacial score (nSPS) is 30.9. The number of aliphatic hydroxyl groups excluding tert-OH is 4. The summed E-state index contributed by atoms with van der Waals surface area (Å²) in [6, 6.07) is 1.99. The van der Waals surface area contributed by atoms with Crippen LogP contribution in [0.5, 0.6) is 11.5 Å². The van der Waals surface area contributed by atoms with E-state index >= 15 is 0 Å². The first-order chi connectivity index (χ1) is 15.7. The van der Waals surface area contributed by atoms with Gasteiger partial charge in [-0.25, -0.2) is 4.79 Å². The van der Waals surface area contributed by atoms with E-state index in [1.54, 1.807) is 0 Å². The molecule has 4 N–H and O–H groups in total. The van der Waals surface area contributed by atoms with Crippen LogP contribution in [0.3, 0.4) is 0 Å². The molecule has 0 unspecified atom stereocenters. The average Bonchev–Trinajstić information content (AvgIpc) is 2.79. The van der Waals surface area contributed by atoms with Crippen molar-refractivity contribution in [3.63, 3.8) is 0 Å². The van der Waals surface area contributed by atoms with Gasteiger partial charge in [0, 0.05) is 10.9 Å². The van der Waals surface area contributed by atoms with E-state index in [-0.39, 0.29) is 11.3 Å². The predicted octanol–water partition coefficient (Wildman–Crippen LogP) is 0.954. The lowest BCUT2D eigenvalue weighted by Gasteiger charge is -2.40. The van der Waals surface area contributed by atoms with Gasteiger partial charge in [-0.2, -0.15) is 0 Å². The first-order valence-corrected chi connectivity index (χ1v) is 11.5. The third-order valence-corrected chi connectivity index (χ3v) is 6.96. The van der Waals surface area contributed by atoms with Crippen molar-refractivity contribution >= 4 is 11.0 Å². The molecule has 9 nitrogen and oxygen atoms in total. The van der Waals surface area contributed by atoms with E-state index in [2.05, 4.69) is 0 Å². The SMILES string of the molecule is CC1(C)CCc2cc3c4c(c(=O)oc3c(O[C@@H]3O[C@H](CO)[C@@H](O)[C@H](O)[C@H]3O)c2O1)CCCC4. The lowest BCUT2D eigenvalue weighted by molar-refractivity contribution is -0.277. The van der Waals surface area contributed by atoms with Crippen molar-refractivity contribution in [2.45, 2.75) is 88.7 Å². The van der Waals surface area contributed by atoms with Gasteiger partial charge >= 0.3 is 5.63 Å². The molecule has 2 aromatic rings. The number of rotatable bonds is 3. The minimum absolute atomic E-state index is 0.116. The smallest absolute Gasteiger partial charge is 0.339 e. The van der Waals surface area contributed by atoms with E-state index in [0.29, 0.717) is 17.7 Å². The number of fused-ring (bicyclic) bond motifs is 4. The van der Waals surface area contributed by atoms with Crippen LogP contribution >= 0.6 is 0 Å². The molecule has 5 rings (SSSR count). The highest BCUT2D eigenvalue weighted by atomic mass is 16.7.